The second-order valence-electron chi connectivity index (χ2n) is 3.93. The number of hydrogen-bond donors (Lipinski definition) is 0. The smallest absolute Gasteiger partial charge is 0.369 e. The lowest BCUT2D eigenvalue weighted by Crippen LogP contribution is -2.02. The Morgan fingerprint density at radius 2 is 1.62 bits per heavy atom. The van der Waals surface area contributed by atoms with Gasteiger partial charge in [-0.15, -0.1) is 5.73 Å². The third-order valence-corrected chi connectivity index (χ3v) is 4.78. The highest BCUT2D eigenvalue weighted by Gasteiger charge is 2.30. The molecule has 0 aliphatic heterocycles. The number of methoxy groups -OCH3 is 1. The molecular formula is C15H19O5P. The molecule has 6 heteroatoms. The predicted molar refractivity (Wildman–Crippen MR) is 81.2 cm³/mol. The molecule has 0 saturated heterocycles. The number of carbonyl (C=O) groups is 1. The van der Waals surface area contributed by atoms with E-state index in [0.29, 0.717) is 11.1 Å². The first-order valence-corrected chi connectivity index (χ1v) is 8.05. The molecule has 0 amide bonds. The van der Waals surface area contributed by atoms with Crippen molar-refractivity contribution in [1.29, 1.82) is 0 Å². The molecule has 114 valence electrons. The van der Waals surface area contributed by atoms with Crippen molar-refractivity contribution >= 4 is 18.9 Å². The molecule has 21 heavy (non-hydrogen) atoms. The largest absolute Gasteiger partial charge is 0.465 e. The molecule has 0 radical (unpaired) electrons. The lowest BCUT2D eigenvalue weighted by Gasteiger charge is -2.18. The van der Waals surface area contributed by atoms with Crippen LogP contribution in [0.15, 0.2) is 36.6 Å². The predicted octanol–water partition coefficient (Wildman–Crippen LogP) is 3.87. The van der Waals surface area contributed by atoms with Crippen molar-refractivity contribution in [3.05, 3.63) is 47.7 Å². The first kappa shape index (κ1) is 17.4. The summed E-state index contributed by atoms with van der Waals surface area (Å²) in [5.41, 5.74) is 3.60. The summed E-state index contributed by atoms with van der Waals surface area (Å²) >= 11 is 0. The summed E-state index contributed by atoms with van der Waals surface area (Å²) < 4.78 is 27.9. The van der Waals surface area contributed by atoms with Gasteiger partial charge in [-0.25, -0.2) is 4.79 Å². The maximum absolute atomic E-state index is 12.7. The molecule has 1 aromatic carbocycles. The van der Waals surface area contributed by atoms with Crippen LogP contribution in [0.25, 0.3) is 5.31 Å². The molecule has 0 spiro atoms. The Balaban J connectivity index is 3.18. The Morgan fingerprint density at radius 3 is 2.00 bits per heavy atom. The number of benzene rings is 1. The standard InChI is InChI=1S/C15H19O5P/c1-5-14(21(17,19-6-2)20-7-3)12-8-10-13(11-9-12)15(16)18-4/h8-11H,1,6-7H2,2-4H3. The summed E-state index contributed by atoms with van der Waals surface area (Å²) in [6.45, 7) is 7.49. The fourth-order valence-corrected chi connectivity index (χ4v) is 3.42. The van der Waals surface area contributed by atoms with E-state index in [1.807, 2.05) is 0 Å². The molecule has 0 unspecified atom stereocenters. The van der Waals surface area contributed by atoms with Crippen molar-refractivity contribution in [2.24, 2.45) is 0 Å². The molecule has 1 aromatic rings. The van der Waals surface area contributed by atoms with Gasteiger partial charge >= 0.3 is 13.6 Å². The number of hydrogen-bond acceptors (Lipinski definition) is 5. The minimum atomic E-state index is -3.47. The van der Waals surface area contributed by atoms with Crippen molar-refractivity contribution in [3.8, 4) is 0 Å². The lowest BCUT2D eigenvalue weighted by molar-refractivity contribution is 0.0600. The van der Waals surface area contributed by atoms with Crippen LogP contribution in [0.2, 0.25) is 0 Å². The van der Waals surface area contributed by atoms with Crippen LogP contribution in [-0.2, 0) is 18.3 Å². The number of carbonyl (C=O) groups excluding carboxylic acids is 1. The minimum absolute atomic E-state index is 0.239. The molecule has 0 N–H and O–H groups in total. The van der Waals surface area contributed by atoms with E-state index in [9.17, 15) is 9.36 Å². The van der Waals surface area contributed by atoms with Crippen LogP contribution in [0.5, 0.6) is 0 Å². The van der Waals surface area contributed by atoms with Crippen molar-refractivity contribution in [3.63, 3.8) is 0 Å². The molecule has 0 aliphatic carbocycles. The quantitative estimate of drug-likeness (QED) is 0.435. The van der Waals surface area contributed by atoms with Gasteiger partial charge in [0, 0.05) is 0 Å². The van der Waals surface area contributed by atoms with E-state index >= 15 is 0 Å². The van der Waals surface area contributed by atoms with Crippen molar-refractivity contribution < 1.29 is 23.1 Å². The van der Waals surface area contributed by atoms with Crippen LogP contribution < -0.4 is 0 Å². The molecule has 0 saturated carbocycles. The average molecular weight is 310 g/mol. The highest BCUT2D eigenvalue weighted by molar-refractivity contribution is 7.65. The summed E-state index contributed by atoms with van der Waals surface area (Å²) in [6.07, 6.45) is 0. The van der Waals surface area contributed by atoms with E-state index in [1.165, 1.54) is 7.11 Å². The van der Waals surface area contributed by atoms with Crippen LogP contribution in [0, 0.1) is 0 Å². The molecule has 0 fully saturated rings. The van der Waals surface area contributed by atoms with E-state index in [0.717, 1.165) is 0 Å². The number of ether oxygens (including phenoxy) is 1. The maximum Gasteiger partial charge on any atom is 0.369 e. The molecule has 0 bridgehead atoms. The van der Waals surface area contributed by atoms with Gasteiger partial charge in [0.05, 0.1) is 25.9 Å². The second-order valence-corrected chi connectivity index (χ2v) is 5.89. The number of rotatable bonds is 7. The normalized spacial score (nSPS) is 10.8. The van der Waals surface area contributed by atoms with Crippen LogP contribution in [0.4, 0.5) is 0 Å². The van der Waals surface area contributed by atoms with Gasteiger partial charge in [-0.1, -0.05) is 18.7 Å². The van der Waals surface area contributed by atoms with Crippen LogP contribution in [0.1, 0.15) is 29.8 Å². The van der Waals surface area contributed by atoms with E-state index in [1.54, 1.807) is 38.1 Å². The molecule has 5 nitrogen and oxygen atoms in total. The SMILES string of the molecule is C=C=C(c1ccc(C(=O)OC)cc1)P(=O)(OCC)OCC. The van der Waals surface area contributed by atoms with Crippen molar-refractivity contribution in [2.45, 2.75) is 13.8 Å². The van der Waals surface area contributed by atoms with Gasteiger partial charge in [0.2, 0.25) is 0 Å². The fraction of sp³-hybridized carbons (Fsp3) is 0.333. The Bertz CT molecular complexity index is 575. The summed E-state index contributed by atoms with van der Waals surface area (Å²) in [5, 5.41) is 0.252. The highest BCUT2D eigenvalue weighted by Crippen LogP contribution is 2.59. The molecule has 0 heterocycles. The highest BCUT2D eigenvalue weighted by atomic mass is 31.2. The van der Waals surface area contributed by atoms with Gasteiger partial charge < -0.3 is 13.8 Å². The lowest BCUT2D eigenvalue weighted by atomic mass is 10.1. The molecule has 1 rings (SSSR count). The zero-order valence-electron chi connectivity index (χ0n) is 12.4. The third kappa shape index (κ3) is 4.16. The van der Waals surface area contributed by atoms with Crippen LogP contribution in [0.3, 0.4) is 0 Å². The summed E-state index contributed by atoms with van der Waals surface area (Å²) in [6, 6.07) is 6.40. The zero-order valence-corrected chi connectivity index (χ0v) is 13.3. The van der Waals surface area contributed by atoms with Gasteiger partial charge in [-0.3, -0.25) is 4.57 Å². The minimum Gasteiger partial charge on any atom is -0.465 e. The Hall–Kier alpha value is -1.64. The third-order valence-electron chi connectivity index (χ3n) is 2.62. The van der Waals surface area contributed by atoms with Crippen LogP contribution in [-0.4, -0.2) is 26.3 Å². The monoisotopic (exact) mass is 310 g/mol. The zero-order chi connectivity index (χ0) is 15.9. The topological polar surface area (TPSA) is 61.8 Å². The van der Waals surface area contributed by atoms with Crippen molar-refractivity contribution in [2.75, 3.05) is 20.3 Å². The molecular weight excluding hydrogens is 291 g/mol. The summed E-state index contributed by atoms with van der Waals surface area (Å²) in [7, 11) is -2.16. The van der Waals surface area contributed by atoms with E-state index in [2.05, 4.69) is 17.0 Å². The van der Waals surface area contributed by atoms with Crippen LogP contribution >= 0.6 is 7.60 Å². The first-order valence-electron chi connectivity index (χ1n) is 6.50. The van der Waals surface area contributed by atoms with Crippen molar-refractivity contribution in [1.82, 2.24) is 0 Å². The fourth-order valence-electron chi connectivity index (χ4n) is 1.75. The Morgan fingerprint density at radius 1 is 1.14 bits per heavy atom. The Labute approximate surface area is 124 Å². The van der Waals surface area contributed by atoms with E-state index in [-0.39, 0.29) is 18.5 Å². The van der Waals surface area contributed by atoms with E-state index in [4.69, 9.17) is 9.05 Å². The second kappa shape index (κ2) is 7.96. The van der Waals surface area contributed by atoms with Gasteiger partial charge in [0.1, 0.15) is 5.31 Å². The van der Waals surface area contributed by atoms with Gasteiger partial charge in [0.15, 0.2) is 0 Å². The van der Waals surface area contributed by atoms with Gasteiger partial charge in [-0.2, -0.15) is 0 Å². The Kier molecular flexibility index (Phi) is 6.60. The van der Waals surface area contributed by atoms with E-state index < -0.39 is 13.6 Å². The van der Waals surface area contributed by atoms with Gasteiger partial charge in [0.25, 0.3) is 0 Å². The number of esters is 1. The molecule has 0 aliphatic rings. The summed E-state index contributed by atoms with van der Waals surface area (Å²) in [4.78, 5) is 11.4. The summed E-state index contributed by atoms with van der Waals surface area (Å²) in [5.74, 6) is -0.441. The molecule has 0 atom stereocenters. The maximum atomic E-state index is 12.7. The first-order chi connectivity index (χ1) is 10.0. The molecule has 0 aromatic heterocycles. The van der Waals surface area contributed by atoms with Gasteiger partial charge in [-0.05, 0) is 31.5 Å². The average Bonchev–Trinajstić information content (AvgIpc) is 2.48.